The molecule has 1 aromatic heterocycles. The molecule has 1 heterocycles. The largest absolute Gasteiger partial charge is 0.573 e. The van der Waals surface area contributed by atoms with E-state index in [1.54, 1.807) is 48.8 Å². The fraction of sp³-hybridized carbons (Fsp3) is 0.333. The van der Waals surface area contributed by atoms with Crippen LogP contribution in [0.2, 0.25) is 0 Å². The lowest BCUT2D eigenvalue weighted by molar-refractivity contribution is -0.274. The Hall–Kier alpha value is -4.22. The van der Waals surface area contributed by atoms with Crippen LogP contribution in [0.15, 0.2) is 84.0 Å². The first-order chi connectivity index (χ1) is 22.6. The van der Waals surface area contributed by atoms with Gasteiger partial charge in [-0.1, -0.05) is 43.7 Å². The lowest BCUT2D eigenvalue weighted by Gasteiger charge is -2.13. The van der Waals surface area contributed by atoms with Crippen LogP contribution >= 0.6 is 0 Å². The highest BCUT2D eigenvalue weighted by Crippen LogP contribution is 2.32. The lowest BCUT2D eigenvalue weighted by atomic mass is 10.0. The molecule has 0 spiro atoms. The van der Waals surface area contributed by atoms with E-state index in [1.165, 1.54) is 24.3 Å². The standard InChI is InChI=1S/C36H39F3N2O5S/c1-4-6-19-44-20-21-45-32-14-10-28(11-15-32)29-12-18-35(46-36(37,38)39)30(23-29)9-13-31(42)22-27-7-16-33(17-8-27)47(43)24-34-26(3)40-25-41(34)5-2/h7-18,23,25H,4-6,19-22,24H2,1-3H3/b13-9+. The molecule has 0 N–H and O–H groups in total. The van der Waals surface area contributed by atoms with Crippen molar-refractivity contribution in [3.05, 3.63) is 102 Å². The molecule has 4 aromatic rings. The number of alkyl halides is 3. The minimum absolute atomic E-state index is 0.0192. The summed E-state index contributed by atoms with van der Waals surface area (Å²) in [6.07, 6.45) is 1.48. The smallest absolute Gasteiger partial charge is 0.491 e. The number of unbranched alkanes of at least 4 members (excludes halogenated alkanes) is 1. The second-order valence-corrected chi connectivity index (χ2v) is 12.3. The molecule has 0 saturated heterocycles. The summed E-state index contributed by atoms with van der Waals surface area (Å²) in [5, 5.41) is 0. The summed E-state index contributed by atoms with van der Waals surface area (Å²) in [4.78, 5) is 17.8. The SMILES string of the molecule is CCCCOCCOc1ccc(-c2ccc(OC(F)(F)F)c(/C=C/C(=O)Cc3ccc(S(=O)Cc4c(C)ncn4CC)cc3)c2)cc1. The van der Waals surface area contributed by atoms with Crippen LogP contribution in [0.5, 0.6) is 11.5 Å². The van der Waals surface area contributed by atoms with Crippen molar-refractivity contribution in [2.45, 2.75) is 63.6 Å². The van der Waals surface area contributed by atoms with E-state index >= 15 is 0 Å². The Morgan fingerprint density at radius 1 is 0.957 bits per heavy atom. The molecule has 0 bridgehead atoms. The van der Waals surface area contributed by atoms with Gasteiger partial charge in [-0.05, 0) is 85.5 Å². The Morgan fingerprint density at radius 2 is 1.68 bits per heavy atom. The minimum atomic E-state index is -4.90. The molecule has 4 rings (SSSR count). The van der Waals surface area contributed by atoms with Gasteiger partial charge in [0.2, 0.25) is 0 Å². The third kappa shape index (κ3) is 10.9. The van der Waals surface area contributed by atoms with E-state index in [0.717, 1.165) is 36.3 Å². The van der Waals surface area contributed by atoms with Crippen LogP contribution in [-0.4, -0.2) is 45.7 Å². The Morgan fingerprint density at radius 3 is 2.36 bits per heavy atom. The molecule has 0 radical (unpaired) electrons. The number of ether oxygens (including phenoxy) is 3. The highest BCUT2D eigenvalue weighted by Gasteiger charge is 2.32. The number of hydrogen-bond donors (Lipinski definition) is 0. The average molecular weight is 669 g/mol. The van der Waals surface area contributed by atoms with E-state index in [9.17, 15) is 22.2 Å². The molecule has 0 saturated carbocycles. The quantitative estimate of drug-likeness (QED) is 0.0836. The second kappa shape index (κ2) is 17.1. The van der Waals surface area contributed by atoms with Crippen LogP contribution < -0.4 is 9.47 Å². The number of aromatic nitrogens is 2. The van der Waals surface area contributed by atoms with Crippen molar-refractivity contribution < 1.29 is 36.4 Å². The number of hydrogen-bond acceptors (Lipinski definition) is 6. The van der Waals surface area contributed by atoms with Crippen molar-refractivity contribution in [2.75, 3.05) is 19.8 Å². The first kappa shape index (κ1) is 35.6. The third-order valence-electron chi connectivity index (χ3n) is 7.34. The van der Waals surface area contributed by atoms with Gasteiger partial charge < -0.3 is 18.8 Å². The Labute approximate surface area is 275 Å². The number of carbonyl (C=O) groups is 1. The van der Waals surface area contributed by atoms with Gasteiger partial charge in [0.25, 0.3) is 0 Å². The summed E-state index contributed by atoms with van der Waals surface area (Å²) in [5.74, 6) is 0.243. The molecule has 250 valence electrons. The number of allylic oxidation sites excluding steroid dienone is 1. The van der Waals surface area contributed by atoms with Gasteiger partial charge in [0.1, 0.15) is 18.1 Å². The topological polar surface area (TPSA) is 79.7 Å². The summed E-state index contributed by atoms with van der Waals surface area (Å²) in [6.45, 7) is 8.29. The zero-order chi connectivity index (χ0) is 33.8. The number of rotatable bonds is 17. The maximum Gasteiger partial charge on any atom is 0.573 e. The van der Waals surface area contributed by atoms with Crippen LogP contribution in [0.1, 0.15) is 49.2 Å². The molecule has 0 amide bonds. The average Bonchev–Trinajstić information content (AvgIpc) is 3.40. The summed E-state index contributed by atoms with van der Waals surface area (Å²) in [6, 6.07) is 18.4. The minimum Gasteiger partial charge on any atom is -0.491 e. The maximum absolute atomic E-state index is 13.2. The van der Waals surface area contributed by atoms with Gasteiger partial charge in [-0.2, -0.15) is 0 Å². The normalized spacial score (nSPS) is 12.4. The molecule has 0 fully saturated rings. The molecule has 7 nitrogen and oxygen atoms in total. The van der Waals surface area contributed by atoms with Crippen LogP contribution in [0.3, 0.4) is 0 Å². The first-order valence-corrected chi connectivity index (χ1v) is 16.8. The van der Waals surface area contributed by atoms with Crippen LogP contribution in [0, 0.1) is 6.92 Å². The zero-order valence-electron chi connectivity index (χ0n) is 26.7. The fourth-order valence-electron chi connectivity index (χ4n) is 4.76. The van der Waals surface area contributed by atoms with Gasteiger partial charge in [-0.15, -0.1) is 13.2 Å². The van der Waals surface area contributed by atoms with E-state index in [2.05, 4.69) is 16.6 Å². The van der Waals surface area contributed by atoms with Crippen molar-refractivity contribution in [2.24, 2.45) is 0 Å². The van der Waals surface area contributed by atoms with Gasteiger partial charge in [0.05, 0.1) is 40.9 Å². The highest BCUT2D eigenvalue weighted by molar-refractivity contribution is 7.84. The number of nitrogens with zero attached hydrogens (tertiary/aromatic N) is 2. The van der Waals surface area contributed by atoms with Crippen molar-refractivity contribution in [3.8, 4) is 22.6 Å². The summed E-state index contributed by atoms with van der Waals surface area (Å²) in [5.41, 5.74) is 3.93. The monoisotopic (exact) mass is 668 g/mol. The Bertz CT molecular complexity index is 1670. The second-order valence-electron chi connectivity index (χ2n) is 10.8. The van der Waals surface area contributed by atoms with Gasteiger partial charge in [-0.3, -0.25) is 9.00 Å². The van der Waals surface area contributed by atoms with Gasteiger partial charge in [0.15, 0.2) is 5.78 Å². The molecule has 0 aliphatic heterocycles. The predicted octanol–water partition coefficient (Wildman–Crippen LogP) is 8.11. The van der Waals surface area contributed by atoms with Crippen molar-refractivity contribution in [3.63, 3.8) is 0 Å². The molecule has 0 aliphatic carbocycles. The van der Waals surface area contributed by atoms with Crippen LogP contribution in [0.25, 0.3) is 17.2 Å². The van der Waals surface area contributed by atoms with Crippen molar-refractivity contribution in [1.82, 2.24) is 9.55 Å². The first-order valence-electron chi connectivity index (χ1n) is 15.5. The molecular formula is C36H39F3N2O5S. The van der Waals surface area contributed by atoms with E-state index in [1.807, 2.05) is 30.5 Å². The van der Waals surface area contributed by atoms with Gasteiger partial charge in [0, 0.05) is 30.0 Å². The number of benzene rings is 3. The summed E-state index contributed by atoms with van der Waals surface area (Å²) in [7, 11) is -1.30. The molecule has 47 heavy (non-hydrogen) atoms. The van der Waals surface area contributed by atoms with Crippen molar-refractivity contribution >= 4 is 22.7 Å². The number of aryl methyl sites for hydroxylation is 2. The molecular weight excluding hydrogens is 629 g/mol. The fourth-order valence-corrected chi connectivity index (χ4v) is 5.99. The number of ketones is 1. The zero-order valence-corrected chi connectivity index (χ0v) is 27.5. The summed E-state index contributed by atoms with van der Waals surface area (Å²) < 4.78 is 69.8. The van der Waals surface area contributed by atoms with E-state index in [4.69, 9.17) is 9.47 Å². The lowest BCUT2D eigenvalue weighted by Crippen LogP contribution is -2.17. The van der Waals surface area contributed by atoms with E-state index < -0.39 is 22.9 Å². The predicted molar refractivity (Wildman–Crippen MR) is 177 cm³/mol. The number of halogens is 3. The maximum atomic E-state index is 13.2. The Balaban J connectivity index is 1.41. The highest BCUT2D eigenvalue weighted by atomic mass is 32.2. The molecule has 11 heteroatoms. The molecule has 0 aliphatic rings. The van der Waals surface area contributed by atoms with Crippen LogP contribution in [0.4, 0.5) is 13.2 Å². The summed E-state index contributed by atoms with van der Waals surface area (Å²) >= 11 is 0. The Kier molecular flexibility index (Phi) is 12.9. The molecule has 1 atom stereocenters. The third-order valence-corrected chi connectivity index (χ3v) is 8.67. The molecule has 3 aromatic carbocycles. The van der Waals surface area contributed by atoms with Gasteiger partial charge >= 0.3 is 6.36 Å². The van der Waals surface area contributed by atoms with Crippen molar-refractivity contribution in [1.29, 1.82) is 0 Å². The van der Waals surface area contributed by atoms with Gasteiger partial charge in [-0.25, -0.2) is 4.98 Å². The number of imidazole rings is 1. The van der Waals surface area contributed by atoms with E-state index in [-0.39, 0.29) is 17.8 Å². The van der Waals surface area contributed by atoms with E-state index in [0.29, 0.717) is 47.3 Å². The van der Waals surface area contributed by atoms with Crippen LogP contribution in [-0.2, 0) is 39.0 Å². The number of carbonyl (C=O) groups excluding carboxylic acids is 1. The molecule has 1 unspecified atom stereocenters.